The van der Waals surface area contributed by atoms with Gasteiger partial charge in [0.1, 0.15) is 0 Å². The molecule has 0 bridgehead atoms. The van der Waals surface area contributed by atoms with Crippen LogP contribution in [0.1, 0.15) is 32.1 Å². The Balaban J connectivity index is 1.67. The second-order valence-corrected chi connectivity index (χ2v) is 5.84. The van der Waals surface area contributed by atoms with Gasteiger partial charge in [0.05, 0.1) is 5.69 Å². The van der Waals surface area contributed by atoms with Crippen LogP contribution >= 0.6 is 0 Å². The van der Waals surface area contributed by atoms with E-state index in [-0.39, 0.29) is 0 Å². The SMILES string of the molecule is NC(=Nc1ccccc1)N1CCC2CCCCC2C1. The highest BCUT2D eigenvalue weighted by Crippen LogP contribution is 2.36. The summed E-state index contributed by atoms with van der Waals surface area (Å²) in [6, 6.07) is 10.0. The number of piperidine rings is 1. The van der Waals surface area contributed by atoms with Crippen LogP contribution in [0.5, 0.6) is 0 Å². The van der Waals surface area contributed by atoms with Gasteiger partial charge in [-0.2, -0.15) is 0 Å². The molecule has 2 fully saturated rings. The molecule has 102 valence electrons. The topological polar surface area (TPSA) is 41.6 Å². The number of rotatable bonds is 1. The molecule has 1 aliphatic heterocycles. The molecule has 0 spiro atoms. The minimum atomic E-state index is 0.690. The van der Waals surface area contributed by atoms with Gasteiger partial charge in [-0.25, -0.2) is 4.99 Å². The quantitative estimate of drug-likeness (QED) is 0.620. The Morgan fingerprint density at radius 1 is 1.05 bits per heavy atom. The van der Waals surface area contributed by atoms with Crippen LogP contribution in [0.4, 0.5) is 5.69 Å². The Bertz CT molecular complexity index is 441. The average Bonchev–Trinajstić information content (AvgIpc) is 2.48. The number of benzene rings is 1. The van der Waals surface area contributed by atoms with Crippen molar-refractivity contribution in [2.75, 3.05) is 13.1 Å². The lowest BCUT2D eigenvalue weighted by atomic mass is 9.75. The summed E-state index contributed by atoms with van der Waals surface area (Å²) >= 11 is 0. The molecular weight excluding hydrogens is 234 g/mol. The van der Waals surface area contributed by atoms with Gasteiger partial charge >= 0.3 is 0 Å². The molecular formula is C16H23N3. The van der Waals surface area contributed by atoms with Crippen LogP contribution in [0, 0.1) is 11.8 Å². The summed E-state index contributed by atoms with van der Waals surface area (Å²) in [4.78, 5) is 6.82. The van der Waals surface area contributed by atoms with Crippen molar-refractivity contribution in [2.24, 2.45) is 22.6 Å². The van der Waals surface area contributed by atoms with Crippen molar-refractivity contribution >= 4 is 11.6 Å². The van der Waals surface area contributed by atoms with Crippen molar-refractivity contribution in [1.29, 1.82) is 0 Å². The van der Waals surface area contributed by atoms with E-state index in [1.165, 1.54) is 32.1 Å². The van der Waals surface area contributed by atoms with Gasteiger partial charge in [0, 0.05) is 13.1 Å². The first-order chi connectivity index (χ1) is 9.33. The summed E-state index contributed by atoms with van der Waals surface area (Å²) in [6.45, 7) is 2.18. The highest BCUT2D eigenvalue weighted by molar-refractivity contribution is 5.81. The average molecular weight is 257 g/mol. The molecule has 1 heterocycles. The Kier molecular flexibility index (Phi) is 3.72. The van der Waals surface area contributed by atoms with Crippen LogP contribution in [0.3, 0.4) is 0 Å². The molecule has 3 rings (SSSR count). The van der Waals surface area contributed by atoms with Gasteiger partial charge in [-0.1, -0.05) is 37.5 Å². The van der Waals surface area contributed by atoms with Gasteiger partial charge in [-0.3, -0.25) is 0 Å². The summed E-state index contributed by atoms with van der Waals surface area (Å²) in [6.07, 6.45) is 6.91. The van der Waals surface area contributed by atoms with Crippen LogP contribution in [0.15, 0.2) is 35.3 Å². The van der Waals surface area contributed by atoms with Gasteiger partial charge in [-0.05, 0) is 36.8 Å². The highest BCUT2D eigenvalue weighted by Gasteiger charge is 2.31. The molecule has 2 atom stereocenters. The smallest absolute Gasteiger partial charge is 0.196 e. The number of hydrogen-bond acceptors (Lipinski definition) is 1. The first-order valence-corrected chi connectivity index (χ1v) is 7.47. The molecule has 1 aliphatic carbocycles. The molecule has 1 saturated carbocycles. The number of fused-ring (bicyclic) bond motifs is 1. The van der Waals surface area contributed by atoms with E-state index in [2.05, 4.69) is 9.89 Å². The van der Waals surface area contributed by atoms with E-state index in [1.54, 1.807) is 0 Å². The van der Waals surface area contributed by atoms with Crippen molar-refractivity contribution in [3.05, 3.63) is 30.3 Å². The summed E-state index contributed by atoms with van der Waals surface area (Å²) < 4.78 is 0. The molecule has 2 N–H and O–H groups in total. The van der Waals surface area contributed by atoms with E-state index in [1.807, 2.05) is 30.3 Å². The standard InChI is InChI=1S/C16H23N3/c17-16(18-15-8-2-1-3-9-15)19-11-10-13-6-4-5-7-14(13)12-19/h1-3,8-9,13-14H,4-7,10-12H2,(H2,17,18). The molecule has 1 aromatic rings. The zero-order chi connectivity index (χ0) is 13.1. The third kappa shape index (κ3) is 2.91. The first-order valence-electron chi connectivity index (χ1n) is 7.47. The minimum Gasteiger partial charge on any atom is -0.369 e. The molecule has 0 aromatic heterocycles. The van der Waals surface area contributed by atoms with E-state index >= 15 is 0 Å². The summed E-state index contributed by atoms with van der Waals surface area (Å²) in [5, 5.41) is 0. The summed E-state index contributed by atoms with van der Waals surface area (Å²) in [5.41, 5.74) is 7.13. The van der Waals surface area contributed by atoms with Crippen LogP contribution in [0.25, 0.3) is 0 Å². The molecule has 2 aliphatic rings. The number of hydrogen-bond donors (Lipinski definition) is 1. The fraction of sp³-hybridized carbons (Fsp3) is 0.562. The lowest BCUT2D eigenvalue weighted by Gasteiger charge is -2.41. The molecule has 0 amide bonds. The van der Waals surface area contributed by atoms with E-state index in [0.717, 1.165) is 30.6 Å². The first kappa shape index (κ1) is 12.5. The Morgan fingerprint density at radius 2 is 1.79 bits per heavy atom. The van der Waals surface area contributed by atoms with E-state index < -0.39 is 0 Å². The number of guanidine groups is 1. The van der Waals surface area contributed by atoms with Crippen LogP contribution < -0.4 is 5.73 Å². The Hall–Kier alpha value is -1.51. The lowest BCUT2D eigenvalue weighted by molar-refractivity contribution is 0.129. The monoisotopic (exact) mass is 257 g/mol. The zero-order valence-corrected chi connectivity index (χ0v) is 11.5. The van der Waals surface area contributed by atoms with Crippen molar-refractivity contribution in [3.8, 4) is 0 Å². The van der Waals surface area contributed by atoms with E-state index in [4.69, 9.17) is 5.73 Å². The maximum absolute atomic E-state index is 6.18. The number of nitrogens with zero attached hydrogens (tertiary/aromatic N) is 2. The van der Waals surface area contributed by atoms with Gasteiger partial charge in [0.15, 0.2) is 5.96 Å². The maximum atomic E-state index is 6.18. The molecule has 1 aromatic carbocycles. The third-order valence-electron chi connectivity index (χ3n) is 4.62. The second-order valence-electron chi connectivity index (χ2n) is 5.84. The van der Waals surface area contributed by atoms with Gasteiger partial charge in [-0.15, -0.1) is 0 Å². The summed E-state index contributed by atoms with van der Waals surface area (Å²) in [7, 11) is 0. The van der Waals surface area contributed by atoms with Crippen molar-refractivity contribution in [2.45, 2.75) is 32.1 Å². The van der Waals surface area contributed by atoms with Gasteiger partial charge in [0.25, 0.3) is 0 Å². The van der Waals surface area contributed by atoms with Crippen molar-refractivity contribution < 1.29 is 0 Å². The van der Waals surface area contributed by atoms with Crippen LogP contribution in [-0.4, -0.2) is 23.9 Å². The predicted molar refractivity (Wildman–Crippen MR) is 79.4 cm³/mol. The molecule has 2 unspecified atom stereocenters. The fourth-order valence-corrected chi connectivity index (χ4v) is 3.51. The Labute approximate surface area is 115 Å². The highest BCUT2D eigenvalue weighted by atomic mass is 15.3. The van der Waals surface area contributed by atoms with E-state index in [9.17, 15) is 0 Å². The number of aliphatic imine (C=N–C) groups is 1. The minimum absolute atomic E-state index is 0.690. The van der Waals surface area contributed by atoms with Crippen LogP contribution in [-0.2, 0) is 0 Å². The van der Waals surface area contributed by atoms with Crippen LogP contribution in [0.2, 0.25) is 0 Å². The number of para-hydroxylation sites is 1. The lowest BCUT2D eigenvalue weighted by Crippen LogP contribution is -2.47. The van der Waals surface area contributed by atoms with Crippen molar-refractivity contribution in [1.82, 2.24) is 4.90 Å². The zero-order valence-electron chi connectivity index (χ0n) is 11.5. The number of nitrogens with two attached hydrogens (primary N) is 1. The number of likely N-dealkylation sites (tertiary alicyclic amines) is 1. The fourth-order valence-electron chi connectivity index (χ4n) is 3.51. The predicted octanol–water partition coefficient (Wildman–Crippen LogP) is 3.14. The van der Waals surface area contributed by atoms with Gasteiger partial charge in [0.2, 0.25) is 0 Å². The third-order valence-corrected chi connectivity index (χ3v) is 4.62. The molecule has 1 saturated heterocycles. The normalized spacial score (nSPS) is 28.0. The molecule has 19 heavy (non-hydrogen) atoms. The van der Waals surface area contributed by atoms with E-state index in [0.29, 0.717) is 5.96 Å². The molecule has 3 heteroatoms. The summed E-state index contributed by atoms with van der Waals surface area (Å²) in [5.74, 6) is 2.47. The largest absolute Gasteiger partial charge is 0.369 e. The van der Waals surface area contributed by atoms with Gasteiger partial charge < -0.3 is 10.6 Å². The van der Waals surface area contributed by atoms with Crippen molar-refractivity contribution in [3.63, 3.8) is 0 Å². The second kappa shape index (κ2) is 5.64. The Morgan fingerprint density at radius 3 is 2.58 bits per heavy atom. The molecule has 0 radical (unpaired) electrons. The molecule has 3 nitrogen and oxygen atoms in total. The maximum Gasteiger partial charge on any atom is 0.196 e.